The van der Waals surface area contributed by atoms with Crippen molar-refractivity contribution < 1.29 is 14.3 Å². The molecule has 1 saturated heterocycles. The smallest absolute Gasteiger partial charge is 0.219 e. The summed E-state index contributed by atoms with van der Waals surface area (Å²) in [7, 11) is 1.65. The van der Waals surface area contributed by atoms with Crippen LogP contribution in [0.15, 0.2) is 24.3 Å². The zero-order valence-corrected chi connectivity index (χ0v) is 17.4. The van der Waals surface area contributed by atoms with E-state index >= 15 is 0 Å². The molecule has 1 aliphatic heterocycles. The number of rotatable bonds is 8. The molecule has 6 nitrogen and oxygen atoms in total. The molecule has 0 unspecified atom stereocenters. The van der Waals surface area contributed by atoms with Crippen LogP contribution < -0.4 is 10.1 Å². The van der Waals surface area contributed by atoms with Gasteiger partial charge in [0.1, 0.15) is 5.75 Å². The number of hydrogen-bond acceptors (Lipinski definition) is 4. The fourth-order valence-electron chi connectivity index (χ4n) is 3.29. The van der Waals surface area contributed by atoms with E-state index in [1.165, 1.54) is 0 Å². The Morgan fingerprint density at radius 2 is 1.96 bits per heavy atom. The lowest BCUT2D eigenvalue weighted by atomic mass is 10.0. The number of carbonyl (C=O) groups excluding carboxylic acids is 1. The largest absolute Gasteiger partial charge is 0.497 e. The van der Waals surface area contributed by atoms with Crippen LogP contribution in [0.4, 0.5) is 5.69 Å². The number of methoxy groups -OCH3 is 1. The molecule has 0 saturated carbocycles. The second kappa shape index (κ2) is 11.1. The Labute approximate surface area is 167 Å². The van der Waals surface area contributed by atoms with Crippen molar-refractivity contribution in [1.82, 2.24) is 9.80 Å². The predicted molar refractivity (Wildman–Crippen MR) is 112 cm³/mol. The topological polar surface area (TPSA) is 54.0 Å². The van der Waals surface area contributed by atoms with E-state index in [2.05, 4.69) is 10.2 Å². The third-order valence-corrected chi connectivity index (χ3v) is 5.18. The van der Waals surface area contributed by atoms with Crippen LogP contribution in [-0.2, 0) is 9.53 Å². The Bertz CT molecular complexity index is 601. The quantitative estimate of drug-likeness (QED) is 0.541. The molecule has 0 aromatic heterocycles. The van der Waals surface area contributed by atoms with Crippen LogP contribution in [0.5, 0.6) is 5.75 Å². The Hall–Kier alpha value is -1.86. The summed E-state index contributed by atoms with van der Waals surface area (Å²) in [6.45, 7) is 7.50. The van der Waals surface area contributed by atoms with E-state index < -0.39 is 0 Å². The van der Waals surface area contributed by atoms with Crippen molar-refractivity contribution >= 4 is 28.9 Å². The number of benzene rings is 1. The summed E-state index contributed by atoms with van der Waals surface area (Å²) >= 11 is 5.72. The third kappa shape index (κ3) is 6.66. The number of amides is 1. The van der Waals surface area contributed by atoms with Gasteiger partial charge in [0.25, 0.3) is 0 Å². The number of nitrogens with zero attached hydrogens (tertiary/aromatic N) is 2. The second-order valence-corrected chi connectivity index (χ2v) is 7.03. The first-order valence-corrected chi connectivity index (χ1v) is 10.0. The maximum atomic E-state index is 11.6. The number of ether oxygens (including phenoxy) is 2. The number of nitrogens with one attached hydrogen (secondary N) is 1. The molecule has 2 rings (SSSR count). The first-order chi connectivity index (χ1) is 13.0. The highest BCUT2D eigenvalue weighted by atomic mass is 32.1. The molecule has 1 heterocycles. The molecule has 27 heavy (non-hydrogen) atoms. The van der Waals surface area contributed by atoms with Crippen LogP contribution in [0.2, 0.25) is 0 Å². The highest BCUT2D eigenvalue weighted by Crippen LogP contribution is 2.20. The van der Waals surface area contributed by atoms with Crippen LogP contribution in [0.3, 0.4) is 0 Å². The summed E-state index contributed by atoms with van der Waals surface area (Å²) < 4.78 is 10.7. The van der Waals surface area contributed by atoms with Gasteiger partial charge in [-0.25, -0.2) is 0 Å². The first kappa shape index (κ1) is 21.4. The molecule has 0 bridgehead atoms. The molecule has 0 spiro atoms. The molecule has 1 N–H and O–H groups in total. The van der Waals surface area contributed by atoms with Gasteiger partial charge in [-0.1, -0.05) is 0 Å². The number of piperidine rings is 1. The van der Waals surface area contributed by atoms with Gasteiger partial charge in [-0.15, -0.1) is 0 Å². The lowest BCUT2D eigenvalue weighted by Gasteiger charge is -2.39. The third-order valence-electron chi connectivity index (χ3n) is 4.84. The minimum atomic E-state index is 0.148. The van der Waals surface area contributed by atoms with Gasteiger partial charge in [0.05, 0.1) is 7.11 Å². The van der Waals surface area contributed by atoms with Crippen LogP contribution >= 0.6 is 12.2 Å². The zero-order valence-electron chi connectivity index (χ0n) is 16.6. The van der Waals surface area contributed by atoms with Gasteiger partial charge in [-0.3, -0.25) is 4.79 Å². The number of hydrogen-bond donors (Lipinski definition) is 1. The predicted octanol–water partition coefficient (Wildman–Crippen LogP) is 3.13. The van der Waals surface area contributed by atoms with E-state index in [1.807, 2.05) is 36.1 Å². The van der Waals surface area contributed by atoms with Gasteiger partial charge >= 0.3 is 0 Å². The van der Waals surface area contributed by atoms with E-state index in [0.29, 0.717) is 6.04 Å². The van der Waals surface area contributed by atoms with Crippen LogP contribution in [-0.4, -0.2) is 66.8 Å². The SMILES string of the molecule is CCOCCCN(C(=S)Nc1ccc(OC)cc1)C1CCN(C(C)=O)CC1. The minimum absolute atomic E-state index is 0.148. The van der Waals surface area contributed by atoms with Gasteiger partial charge < -0.3 is 24.6 Å². The Morgan fingerprint density at radius 3 is 2.52 bits per heavy atom. The summed E-state index contributed by atoms with van der Waals surface area (Å²) in [6, 6.07) is 8.08. The standard InChI is InChI=1S/C20H31N3O3S/c1-4-26-15-5-12-23(18-10-13-22(14-11-18)16(2)24)20(27)21-17-6-8-19(25-3)9-7-17/h6-9,18H,4-5,10-15H2,1-3H3,(H,21,27). The minimum Gasteiger partial charge on any atom is -0.497 e. The summed E-state index contributed by atoms with van der Waals surface area (Å²) in [5.74, 6) is 0.965. The molecule has 1 aromatic rings. The molecule has 0 radical (unpaired) electrons. The summed E-state index contributed by atoms with van der Waals surface area (Å²) in [5, 5.41) is 4.07. The molecule has 150 valence electrons. The molecule has 1 fully saturated rings. The molecule has 0 aliphatic carbocycles. The van der Waals surface area contributed by atoms with Crippen molar-refractivity contribution in [2.24, 2.45) is 0 Å². The van der Waals surface area contributed by atoms with Crippen molar-refractivity contribution in [1.29, 1.82) is 0 Å². The molecule has 1 amide bonds. The molecule has 1 aromatic carbocycles. The molecular formula is C20H31N3O3S. The van der Waals surface area contributed by atoms with Gasteiger partial charge in [0, 0.05) is 51.5 Å². The van der Waals surface area contributed by atoms with E-state index in [-0.39, 0.29) is 5.91 Å². The summed E-state index contributed by atoms with van der Waals surface area (Å²) in [4.78, 5) is 15.8. The molecule has 7 heteroatoms. The average molecular weight is 394 g/mol. The lowest BCUT2D eigenvalue weighted by Crippen LogP contribution is -2.50. The van der Waals surface area contributed by atoms with Crippen molar-refractivity contribution in [3.63, 3.8) is 0 Å². The monoisotopic (exact) mass is 393 g/mol. The normalized spacial score (nSPS) is 14.7. The van der Waals surface area contributed by atoms with Crippen LogP contribution in [0.1, 0.15) is 33.1 Å². The summed E-state index contributed by atoms with van der Waals surface area (Å²) in [6.07, 6.45) is 2.78. The Kier molecular flexibility index (Phi) is 8.81. The van der Waals surface area contributed by atoms with Crippen molar-refractivity contribution in [3.8, 4) is 5.75 Å². The lowest BCUT2D eigenvalue weighted by molar-refractivity contribution is -0.130. The maximum Gasteiger partial charge on any atom is 0.219 e. The Morgan fingerprint density at radius 1 is 1.30 bits per heavy atom. The highest BCUT2D eigenvalue weighted by Gasteiger charge is 2.27. The number of anilines is 1. The van der Waals surface area contributed by atoms with Crippen molar-refractivity contribution in [3.05, 3.63) is 24.3 Å². The van der Waals surface area contributed by atoms with Crippen molar-refractivity contribution in [2.45, 2.75) is 39.2 Å². The van der Waals surface area contributed by atoms with E-state index in [1.54, 1.807) is 14.0 Å². The van der Waals surface area contributed by atoms with E-state index in [4.69, 9.17) is 21.7 Å². The van der Waals surface area contributed by atoms with Crippen molar-refractivity contribution in [2.75, 3.05) is 45.3 Å². The maximum absolute atomic E-state index is 11.6. The fourth-order valence-corrected chi connectivity index (χ4v) is 3.65. The first-order valence-electron chi connectivity index (χ1n) is 9.60. The zero-order chi connectivity index (χ0) is 19.6. The second-order valence-electron chi connectivity index (χ2n) is 6.64. The number of likely N-dealkylation sites (tertiary alicyclic amines) is 1. The number of carbonyl (C=O) groups is 1. The molecule has 1 aliphatic rings. The Balaban J connectivity index is 1.99. The van der Waals surface area contributed by atoms with E-state index in [0.717, 1.165) is 68.7 Å². The van der Waals surface area contributed by atoms with Gasteiger partial charge in [-0.2, -0.15) is 0 Å². The van der Waals surface area contributed by atoms with Gasteiger partial charge in [0.15, 0.2) is 5.11 Å². The molecular weight excluding hydrogens is 362 g/mol. The fraction of sp³-hybridized carbons (Fsp3) is 0.600. The number of thiocarbonyl (C=S) groups is 1. The molecule has 0 atom stereocenters. The van der Waals surface area contributed by atoms with Gasteiger partial charge in [-0.05, 0) is 62.7 Å². The highest BCUT2D eigenvalue weighted by molar-refractivity contribution is 7.80. The van der Waals surface area contributed by atoms with Gasteiger partial charge in [0.2, 0.25) is 5.91 Å². The average Bonchev–Trinajstić information content (AvgIpc) is 2.68. The summed E-state index contributed by atoms with van der Waals surface area (Å²) in [5.41, 5.74) is 0.941. The van der Waals surface area contributed by atoms with Crippen LogP contribution in [0, 0.1) is 0 Å². The van der Waals surface area contributed by atoms with Crippen LogP contribution in [0.25, 0.3) is 0 Å². The van der Waals surface area contributed by atoms with E-state index in [9.17, 15) is 4.79 Å².